The number of methoxy groups -OCH3 is 1. The van der Waals surface area contributed by atoms with Gasteiger partial charge in [-0.1, -0.05) is 0 Å². The van der Waals surface area contributed by atoms with Crippen molar-refractivity contribution in [2.24, 2.45) is 11.1 Å². The molecule has 2 aliphatic carbocycles. The van der Waals surface area contributed by atoms with Crippen molar-refractivity contribution in [3.8, 4) is 0 Å². The van der Waals surface area contributed by atoms with Crippen molar-refractivity contribution in [2.45, 2.75) is 31.7 Å². The SMILES string of the molecule is COCCN(C(=O)C1(CN)CC1)C1CC1. The number of hydrogen-bond donors (Lipinski definition) is 1. The van der Waals surface area contributed by atoms with Crippen LogP contribution in [0.5, 0.6) is 0 Å². The van der Waals surface area contributed by atoms with Crippen LogP contribution in [0.4, 0.5) is 0 Å². The summed E-state index contributed by atoms with van der Waals surface area (Å²) in [7, 11) is 1.67. The molecule has 2 aliphatic rings. The zero-order chi connectivity index (χ0) is 10.9. The molecule has 4 heteroatoms. The highest BCUT2D eigenvalue weighted by Gasteiger charge is 2.52. The summed E-state index contributed by atoms with van der Waals surface area (Å²) in [5, 5.41) is 0. The maximum atomic E-state index is 12.2. The molecular weight excluding hydrogens is 192 g/mol. The summed E-state index contributed by atoms with van der Waals surface area (Å²) < 4.78 is 5.04. The highest BCUT2D eigenvalue weighted by Crippen LogP contribution is 2.47. The maximum Gasteiger partial charge on any atom is 0.230 e. The lowest BCUT2D eigenvalue weighted by Gasteiger charge is -2.26. The number of nitrogens with zero attached hydrogens (tertiary/aromatic N) is 1. The first-order chi connectivity index (χ1) is 7.23. The van der Waals surface area contributed by atoms with Crippen molar-refractivity contribution in [3.05, 3.63) is 0 Å². The van der Waals surface area contributed by atoms with Gasteiger partial charge in [0.15, 0.2) is 0 Å². The molecule has 0 atom stereocenters. The molecule has 2 fully saturated rings. The molecule has 2 N–H and O–H groups in total. The highest BCUT2D eigenvalue weighted by molar-refractivity contribution is 5.86. The minimum Gasteiger partial charge on any atom is -0.383 e. The van der Waals surface area contributed by atoms with E-state index in [0.29, 0.717) is 19.2 Å². The molecule has 0 unspecified atom stereocenters. The molecular formula is C11H20N2O2. The van der Waals surface area contributed by atoms with Gasteiger partial charge in [-0.3, -0.25) is 4.79 Å². The van der Waals surface area contributed by atoms with Crippen LogP contribution in [-0.4, -0.2) is 43.7 Å². The minimum atomic E-state index is -0.198. The molecule has 0 aromatic heterocycles. The van der Waals surface area contributed by atoms with E-state index in [4.69, 9.17) is 10.5 Å². The summed E-state index contributed by atoms with van der Waals surface area (Å²) in [4.78, 5) is 14.2. The van der Waals surface area contributed by atoms with Gasteiger partial charge in [0.25, 0.3) is 0 Å². The van der Waals surface area contributed by atoms with E-state index in [2.05, 4.69) is 0 Å². The molecule has 0 spiro atoms. The molecule has 2 saturated carbocycles. The molecule has 0 aromatic carbocycles. The Morgan fingerprint density at radius 2 is 2.20 bits per heavy atom. The lowest BCUT2D eigenvalue weighted by Crippen LogP contribution is -2.43. The Balaban J connectivity index is 1.94. The van der Waals surface area contributed by atoms with Gasteiger partial charge >= 0.3 is 0 Å². The predicted octanol–water partition coefficient (Wildman–Crippen LogP) is 0.363. The quantitative estimate of drug-likeness (QED) is 0.691. The second-order valence-corrected chi connectivity index (χ2v) is 4.71. The fourth-order valence-electron chi connectivity index (χ4n) is 1.99. The smallest absolute Gasteiger partial charge is 0.230 e. The summed E-state index contributed by atoms with van der Waals surface area (Å²) in [6, 6.07) is 0.469. The average molecular weight is 212 g/mol. The summed E-state index contributed by atoms with van der Waals surface area (Å²) in [6.07, 6.45) is 4.24. The van der Waals surface area contributed by atoms with Crippen LogP contribution in [0.15, 0.2) is 0 Å². The van der Waals surface area contributed by atoms with Gasteiger partial charge in [-0.05, 0) is 25.7 Å². The van der Waals surface area contributed by atoms with Crippen LogP contribution in [0.3, 0.4) is 0 Å². The monoisotopic (exact) mass is 212 g/mol. The van der Waals surface area contributed by atoms with Crippen LogP contribution in [-0.2, 0) is 9.53 Å². The van der Waals surface area contributed by atoms with Crippen LogP contribution >= 0.6 is 0 Å². The Kier molecular flexibility index (Phi) is 2.98. The third-order valence-corrected chi connectivity index (χ3v) is 3.48. The fraction of sp³-hybridized carbons (Fsp3) is 0.909. The van der Waals surface area contributed by atoms with E-state index in [-0.39, 0.29) is 11.3 Å². The van der Waals surface area contributed by atoms with Crippen LogP contribution in [0.1, 0.15) is 25.7 Å². The van der Waals surface area contributed by atoms with Gasteiger partial charge in [0.1, 0.15) is 0 Å². The van der Waals surface area contributed by atoms with Gasteiger partial charge in [-0.25, -0.2) is 0 Å². The topological polar surface area (TPSA) is 55.6 Å². The Morgan fingerprint density at radius 3 is 2.60 bits per heavy atom. The summed E-state index contributed by atoms with van der Waals surface area (Å²) in [5.74, 6) is 0.268. The first-order valence-corrected chi connectivity index (χ1v) is 5.73. The summed E-state index contributed by atoms with van der Waals surface area (Å²) in [6.45, 7) is 1.85. The third-order valence-electron chi connectivity index (χ3n) is 3.48. The first kappa shape index (κ1) is 10.9. The van der Waals surface area contributed by atoms with Crippen molar-refractivity contribution in [1.82, 2.24) is 4.90 Å². The number of carbonyl (C=O) groups is 1. The maximum absolute atomic E-state index is 12.2. The number of hydrogen-bond acceptors (Lipinski definition) is 3. The van der Waals surface area contributed by atoms with E-state index in [9.17, 15) is 4.79 Å². The Morgan fingerprint density at radius 1 is 1.53 bits per heavy atom. The number of nitrogens with two attached hydrogens (primary N) is 1. The Bertz CT molecular complexity index is 247. The normalized spacial score (nSPS) is 22.5. The van der Waals surface area contributed by atoms with Gasteiger partial charge < -0.3 is 15.4 Å². The summed E-state index contributed by atoms with van der Waals surface area (Å²) >= 11 is 0. The van der Waals surface area contributed by atoms with Crippen molar-refractivity contribution >= 4 is 5.91 Å². The first-order valence-electron chi connectivity index (χ1n) is 5.73. The van der Waals surface area contributed by atoms with Crippen molar-refractivity contribution in [3.63, 3.8) is 0 Å². The van der Waals surface area contributed by atoms with Crippen LogP contribution in [0, 0.1) is 5.41 Å². The van der Waals surface area contributed by atoms with Gasteiger partial charge in [-0.2, -0.15) is 0 Å². The Labute approximate surface area is 90.8 Å². The number of ether oxygens (including phenoxy) is 1. The second-order valence-electron chi connectivity index (χ2n) is 4.71. The minimum absolute atomic E-state index is 0.198. The zero-order valence-corrected chi connectivity index (χ0v) is 9.37. The highest BCUT2D eigenvalue weighted by atomic mass is 16.5. The van der Waals surface area contributed by atoms with Crippen LogP contribution in [0.25, 0.3) is 0 Å². The lowest BCUT2D eigenvalue weighted by atomic mass is 10.1. The van der Waals surface area contributed by atoms with Gasteiger partial charge in [0, 0.05) is 26.2 Å². The largest absolute Gasteiger partial charge is 0.383 e. The Hall–Kier alpha value is -0.610. The number of carbonyl (C=O) groups excluding carboxylic acids is 1. The molecule has 0 radical (unpaired) electrons. The molecule has 0 saturated heterocycles. The van der Waals surface area contributed by atoms with Crippen molar-refractivity contribution in [1.29, 1.82) is 0 Å². The molecule has 0 aliphatic heterocycles. The van der Waals surface area contributed by atoms with E-state index in [1.54, 1.807) is 7.11 Å². The molecule has 4 nitrogen and oxygen atoms in total. The average Bonchev–Trinajstić information content (AvgIpc) is 3.12. The standard InChI is InChI=1S/C11H20N2O2/c1-15-7-6-13(9-2-3-9)10(14)11(8-12)4-5-11/h9H,2-8,12H2,1H3. The number of rotatable bonds is 6. The summed E-state index contributed by atoms with van der Waals surface area (Å²) in [5.41, 5.74) is 5.48. The van der Waals surface area contributed by atoms with Gasteiger partial charge in [0.2, 0.25) is 5.91 Å². The third kappa shape index (κ3) is 2.16. The molecule has 0 aromatic rings. The van der Waals surface area contributed by atoms with E-state index in [0.717, 1.165) is 32.2 Å². The van der Waals surface area contributed by atoms with Gasteiger partial charge in [0.05, 0.1) is 12.0 Å². The molecule has 0 heterocycles. The van der Waals surface area contributed by atoms with E-state index in [1.807, 2.05) is 4.90 Å². The molecule has 1 amide bonds. The molecule has 86 valence electrons. The fourth-order valence-corrected chi connectivity index (χ4v) is 1.99. The predicted molar refractivity (Wildman–Crippen MR) is 57.3 cm³/mol. The van der Waals surface area contributed by atoms with E-state index < -0.39 is 0 Å². The molecule has 2 rings (SSSR count). The van der Waals surface area contributed by atoms with Crippen LogP contribution < -0.4 is 5.73 Å². The van der Waals surface area contributed by atoms with Crippen molar-refractivity contribution in [2.75, 3.05) is 26.8 Å². The molecule has 15 heavy (non-hydrogen) atoms. The zero-order valence-electron chi connectivity index (χ0n) is 9.37. The van der Waals surface area contributed by atoms with Crippen molar-refractivity contribution < 1.29 is 9.53 Å². The van der Waals surface area contributed by atoms with Gasteiger partial charge in [-0.15, -0.1) is 0 Å². The molecule has 0 bridgehead atoms. The van der Waals surface area contributed by atoms with E-state index in [1.165, 1.54) is 0 Å². The lowest BCUT2D eigenvalue weighted by molar-refractivity contribution is -0.137. The van der Waals surface area contributed by atoms with Crippen LogP contribution in [0.2, 0.25) is 0 Å². The second kappa shape index (κ2) is 4.10. The van der Waals surface area contributed by atoms with E-state index >= 15 is 0 Å². The number of amides is 1.